The van der Waals surface area contributed by atoms with Crippen molar-refractivity contribution in [3.8, 4) is 5.75 Å². The normalized spacial score (nSPS) is 10.2. The fraction of sp³-hybridized carbons (Fsp3) is 0.176. The first kappa shape index (κ1) is 20.1. The third-order valence-corrected chi connectivity index (χ3v) is 3.73. The van der Waals surface area contributed by atoms with Crippen LogP contribution in [0.2, 0.25) is 5.02 Å². The van der Waals surface area contributed by atoms with Crippen LogP contribution in [-0.4, -0.2) is 30.5 Å². The Morgan fingerprint density at radius 3 is 2.63 bits per heavy atom. The number of methoxy groups -OCH3 is 1. The molecule has 0 saturated carbocycles. The third kappa shape index (κ3) is 5.38. The molecular formula is C17H14ClFN2O6. The van der Waals surface area contributed by atoms with Gasteiger partial charge in [0.15, 0.2) is 11.6 Å². The molecule has 142 valence electrons. The van der Waals surface area contributed by atoms with Crippen molar-refractivity contribution in [2.45, 2.75) is 6.61 Å². The lowest BCUT2D eigenvalue weighted by Crippen LogP contribution is -2.30. The molecule has 27 heavy (non-hydrogen) atoms. The molecule has 1 amide bonds. The van der Waals surface area contributed by atoms with E-state index in [1.165, 1.54) is 31.4 Å². The number of nitro groups is 1. The van der Waals surface area contributed by atoms with Crippen LogP contribution in [0.1, 0.15) is 15.9 Å². The van der Waals surface area contributed by atoms with Crippen LogP contribution >= 0.6 is 11.6 Å². The van der Waals surface area contributed by atoms with Gasteiger partial charge in [0.1, 0.15) is 18.2 Å². The predicted octanol–water partition coefficient (Wildman–Crippen LogP) is 2.87. The third-order valence-electron chi connectivity index (χ3n) is 3.41. The van der Waals surface area contributed by atoms with Gasteiger partial charge in [0.25, 0.3) is 11.6 Å². The number of esters is 1. The first-order chi connectivity index (χ1) is 12.8. The van der Waals surface area contributed by atoms with E-state index in [1.54, 1.807) is 0 Å². The van der Waals surface area contributed by atoms with E-state index in [9.17, 15) is 24.1 Å². The zero-order valence-corrected chi connectivity index (χ0v) is 14.8. The van der Waals surface area contributed by atoms with Gasteiger partial charge in [0, 0.05) is 11.6 Å². The molecule has 0 aliphatic heterocycles. The molecule has 8 nitrogen and oxygen atoms in total. The topological polar surface area (TPSA) is 108 Å². The Morgan fingerprint density at radius 1 is 1.26 bits per heavy atom. The Bertz CT molecular complexity index is 890. The number of nitrogens with zero attached hydrogens (tertiary/aromatic N) is 1. The van der Waals surface area contributed by atoms with Crippen LogP contribution in [0.4, 0.5) is 10.1 Å². The highest BCUT2D eigenvalue weighted by Gasteiger charge is 2.17. The second-order valence-corrected chi connectivity index (χ2v) is 5.64. The van der Waals surface area contributed by atoms with Crippen LogP contribution in [0.3, 0.4) is 0 Å². The van der Waals surface area contributed by atoms with E-state index in [-0.39, 0.29) is 22.9 Å². The maximum atomic E-state index is 13.6. The molecule has 0 spiro atoms. The summed E-state index contributed by atoms with van der Waals surface area (Å²) in [5, 5.41) is 13.0. The van der Waals surface area contributed by atoms with E-state index in [2.05, 4.69) is 5.32 Å². The zero-order chi connectivity index (χ0) is 20.0. The van der Waals surface area contributed by atoms with Crippen molar-refractivity contribution in [2.75, 3.05) is 13.7 Å². The molecule has 0 radical (unpaired) electrons. The Kier molecular flexibility index (Phi) is 6.67. The molecule has 0 aliphatic rings. The summed E-state index contributed by atoms with van der Waals surface area (Å²) >= 11 is 5.67. The molecule has 2 aromatic rings. The van der Waals surface area contributed by atoms with E-state index < -0.39 is 34.8 Å². The summed E-state index contributed by atoms with van der Waals surface area (Å²) in [5.41, 5.74) is -0.0501. The molecule has 0 heterocycles. The second-order valence-electron chi connectivity index (χ2n) is 5.24. The Labute approximate surface area is 158 Å². The molecular weight excluding hydrogens is 383 g/mol. The van der Waals surface area contributed by atoms with Gasteiger partial charge in [-0.15, -0.1) is 0 Å². The zero-order valence-electron chi connectivity index (χ0n) is 14.0. The van der Waals surface area contributed by atoms with Crippen molar-refractivity contribution in [3.05, 3.63) is 68.5 Å². The van der Waals surface area contributed by atoms with E-state index >= 15 is 0 Å². The molecule has 10 heteroatoms. The predicted molar refractivity (Wildman–Crippen MR) is 93.2 cm³/mol. The highest BCUT2D eigenvalue weighted by atomic mass is 35.5. The van der Waals surface area contributed by atoms with Crippen molar-refractivity contribution < 1.29 is 28.4 Å². The summed E-state index contributed by atoms with van der Waals surface area (Å²) in [5.74, 6) is -2.00. The first-order valence-electron chi connectivity index (χ1n) is 7.52. The number of carbonyl (C=O) groups is 2. The highest BCUT2D eigenvalue weighted by Crippen LogP contribution is 2.25. The smallest absolute Gasteiger partial charge is 0.325 e. The van der Waals surface area contributed by atoms with Gasteiger partial charge in [-0.1, -0.05) is 17.7 Å². The van der Waals surface area contributed by atoms with Crippen LogP contribution in [-0.2, 0) is 16.1 Å². The first-order valence-corrected chi connectivity index (χ1v) is 7.89. The summed E-state index contributed by atoms with van der Waals surface area (Å²) in [4.78, 5) is 33.8. The van der Waals surface area contributed by atoms with Gasteiger partial charge in [-0.05, 0) is 29.8 Å². The Hall–Kier alpha value is -3.20. The van der Waals surface area contributed by atoms with Gasteiger partial charge in [-0.25, -0.2) is 4.39 Å². The summed E-state index contributed by atoms with van der Waals surface area (Å²) in [6.45, 7) is -0.657. The average Bonchev–Trinajstić information content (AvgIpc) is 2.64. The lowest BCUT2D eigenvalue weighted by Gasteiger charge is -2.08. The van der Waals surface area contributed by atoms with Gasteiger partial charge in [0.05, 0.1) is 12.0 Å². The minimum atomic E-state index is -0.761. The largest absolute Gasteiger partial charge is 0.494 e. The highest BCUT2D eigenvalue weighted by molar-refractivity contribution is 6.32. The molecule has 1 N–H and O–H groups in total. The number of nitrogens with one attached hydrogen (secondary N) is 1. The van der Waals surface area contributed by atoms with Crippen LogP contribution in [0, 0.1) is 15.9 Å². The number of halogens is 2. The van der Waals surface area contributed by atoms with E-state index in [1.807, 2.05) is 0 Å². The fourth-order valence-electron chi connectivity index (χ4n) is 2.06. The maximum absolute atomic E-state index is 13.6. The van der Waals surface area contributed by atoms with Crippen LogP contribution in [0.15, 0.2) is 36.4 Å². The minimum absolute atomic E-state index is 0.0314. The van der Waals surface area contributed by atoms with Crippen molar-refractivity contribution in [1.82, 2.24) is 5.32 Å². The van der Waals surface area contributed by atoms with Gasteiger partial charge >= 0.3 is 5.97 Å². The molecule has 0 saturated heterocycles. The average molecular weight is 397 g/mol. The number of amides is 1. The molecule has 0 atom stereocenters. The molecule has 2 aromatic carbocycles. The summed E-state index contributed by atoms with van der Waals surface area (Å²) in [6.07, 6.45) is 0. The number of ether oxygens (including phenoxy) is 2. The monoisotopic (exact) mass is 396 g/mol. The van der Waals surface area contributed by atoms with Crippen molar-refractivity contribution in [2.24, 2.45) is 0 Å². The Morgan fingerprint density at radius 2 is 2.00 bits per heavy atom. The number of carbonyl (C=O) groups excluding carboxylic acids is 2. The van der Waals surface area contributed by atoms with Crippen molar-refractivity contribution in [1.29, 1.82) is 0 Å². The molecule has 0 aliphatic carbocycles. The number of hydrogen-bond acceptors (Lipinski definition) is 6. The SMILES string of the molecule is COc1ccc(COC(=O)CNC(=O)c2ccc(Cl)c([N+](=O)[O-])c2)cc1F. The van der Waals surface area contributed by atoms with Gasteiger partial charge in [0.2, 0.25) is 0 Å². The fourth-order valence-corrected chi connectivity index (χ4v) is 2.25. The number of hydrogen-bond donors (Lipinski definition) is 1. The number of nitro benzene ring substituents is 1. The molecule has 0 fully saturated rings. The van der Waals surface area contributed by atoms with Crippen LogP contribution in [0.5, 0.6) is 5.75 Å². The van der Waals surface area contributed by atoms with Gasteiger partial charge in [-0.3, -0.25) is 19.7 Å². The maximum Gasteiger partial charge on any atom is 0.325 e. The summed E-state index contributed by atoms with van der Waals surface area (Å²) in [6, 6.07) is 7.59. The molecule has 0 bridgehead atoms. The van der Waals surface area contributed by atoms with E-state index in [4.69, 9.17) is 21.1 Å². The number of rotatable bonds is 7. The number of benzene rings is 2. The van der Waals surface area contributed by atoms with Gasteiger partial charge < -0.3 is 14.8 Å². The van der Waals surface area contributed by atoms with Crippen molar-refractivity contribution in [3.63, 3.8) is 0 Å². The minimum Gasteiger partial charge on any atom is -0.494 e. The van der Waals surface area contributed by atoms with E-state index in [0.717, 1.165) is 12.1 Å². The lowest BCUT2D eigenvalue weighted by molar-refractivity contribution is -0.384. The molecule has 0 unspecified atom stereocenters. The van der Waals surface area contributed by atoms with Crippen LogP contribution < -0.4 is 10.1 Å². The van der Waals surface area contributed by atoms with Crippen molar-refractivity contribution >= 4 is 29.2 Å². The molecule has 2 rings (SSSR count). The standard InChI is InChI=1S/C17H14ClFN2O6/c1-26-15-5-2-10(6-13(15)19)9-27-16(22)8-20-17(23)11-3-4-12(18)14(7-11)21(24)25/h2-7H,8-9H2,1H3,(H,20,23). The second kappa shape index (κ2) is 8.95. The summed E-state index contributed by atoms with van der Waals surface area (Å²) < 4.78 is 23.3. The molecule has 0 aromatic heterocycles. The quantitative estimate of drug-likeness (QED) is 0.438. The van der Waals surface area contributed by atoms with E-state index in [0.29, 0.717) is 5.56 Å². The lowest BCUT2D eigenvalue weighted by atomic mass is 10.2. The Balaban J connectivity index is 1.88. The van der Waals surface area contributed by atoms with Crippen LogP contribution in [0.25, 0.3) is 0 Å². The summed E-state index contributed by atoms with van der Waals surface area (Å²) in [7, 11) is 1.33. The van der Waals surface area contributed by atoms with Gasteiger partial charge in [-0.2, -0.15) is 0 Å².